The molecule has 2 rings (SSSR count). The molecule has 2 nitrogen and oxygen atoms in total. The van der Waals surface area contributed by atoms with Gasteiger partial charge in [0, 0.05) is 12.1 Å². The number of methoxy groups -OCH3 is 1. The zero-order chi connectivity index (χ0) is 13.7. The van der Waals surface area contributed by atoms with Gasteiger partial charge in [-0.25, -0.2) is 0 Å². The summed E-state index contributed by atoms with van der Waals surface area (Å²) in [6.45, 7) is 0.736. The first kappa shape index (κ1) is 14.1. The van der Waals surface area contributed by atoms with Crippen LogP contribution in [0, 0.1) is 0 Å². The molecule has 0 aliphatic heterocycles. The Morgan fingerprint density at radius 2 is 1.84 bits per heavy atom. The van der Waals surface area contributed by atoms with Crippen molar-refractivity contribution >= 4 is 11.6 Å². The molecule has 0 saturated heterocycles. The Hall–Kier alpha value is -1.35. The van der Waals surface area contributed by atoms with Crippen LogP contribution in [0.2, 0.25) is 5.02 Å². The lowest BCUT2D eigenvalue weighted by molar-refractivity contribution is 0.202. The number of benzene rings is 2. The zero-order valence-electron chi connectivity index (χ0n) is 11.0. The lowest BCUT2D eigenvalue weighted by Gasteiger charge is -2.13. The molecule has 2 aromatic rings. The summed E-state index contributed by atoms with van der Waals surface area (Å²) in [4.78, 5) is 0. The van der Waals surface area contributed by atoms with Gasteiger partial charge in [-0.3, -0.25) is 0 Å². The van der Waals surface area contributed by atoms with Gasteiger partial charge in [0.15, 0.2) is 0 Å². The van der Waals surface area contributed by atoms with Crippen LogP contribution in [0.25, 0.3) is 0 Å². The van der Waals surface area contributed by atoms with Crippen LogP contribution < -0.4 is 5.73 Å². The van der Waals surface area contributed by atoms with Crippen LogP contribution in [0.5, 0.6) is 0 Å². The minimum atomic E-state index is -0.143. The van der Waals surface area contributed by atoms with Crippen LogP contribution in [0.15, 0.2) is 48.5 Å². The molecule has 19 heavy (non-hydrogen) atoms. The number of rotatable bonds is 5. The maximum absolute atomic E-state index is 6.25. The maximum atomic E-state index is 6.25. The van der Waals surface area contributed by atoms with Gasteiger partial charge in [-0.2, -0.15) is 0 Å². The van der Waals surface area contributed by atoms with E-state index in [2.05, 4.69) is 24.3 Å². The van der Waals surface area contributed by atoms with Crippen molar-refractivity contribution in [3.05, 3.63) is 70.2 Å². The molecule has 0 amide bonds. The van der Waals surface area contributed by atoms with Crippen LogP contribution in [-0.4, -0.2) is 13.7 Å². The highest BCUT2D eigenvalue weighted by Crippen LogP contribution is 2.22. The summed E-state index contributed by atoms with van der Waals surface area (Å²) < 4.78 is 5.07. The predicted molar refractivity (Wildman–Crippen MR) is 79.5 cm³/mol. The van der Waals surface area contributed by atoms with E-state index in [1.807, 2.05) is 24.3 Å². The van der Waals surface area contributed by atoms with Crippen molar-refractivity contribution in [2.45, 2.75) is 12.5 Å². The van der Waals surface area contributed by atoms with E-state index in [-0.39, 0.29) is 6.04 Å². The molecule has 0 bridgehead atoms. The van der Waals surface area contributed by atoms with Crippen LogP contribution in [0.3, 0.4) is 0 Å². The third-order valence-corrected chi connectivity index (χ3v) is 3.38. The summed E-state index contributed by atoms with van der Waals surface area (Å²) in [7, 11) is 1.71. The van der Waals surface area contributed by atoms with Crippen molar-refractivity contribution in [1.29, 1.82) is 0 Å². The SMILES string of the molecule is COCCc1ccc(C(N)c2cccc(Cl)c2)cc1. The third kappa shape index (κ3) is 3.80. The van der Waals surface area contributed by atoms with E-state index >= 15 is 0 Å². The second kappa shape index (κ2) is 6.71. The Morgan fingerprint density at radius 1 is 1.11 bits per heavy atom. The summed E-state index contributed by atoms with van der Waals surface area (Å²) in [6, 6.07) is 15.9. The molecule has 0 heterocycles. The smallest absolute Gasteiger partial charge is 0.0552 e. The summed E-state index contributed by atoms with van der Waals surface area (Å²) in [5.41, 5.74) is 9.62. The number of ether oxygens (including phenoxy) is 1. The highest BCUT2D eigenvalue weighted by atomic mass is 35.5. The van der Waals surface area contributed by atoms with E-state index in [9.17, 15) is 0 Å². The fraction of sp³-hybridized carbons (Fsp3) is 0.250. The van der Waals surface area contributed by atoms with E-state index in [0.717, 1.165) is 24.2 Å². The molecular formula is C16H18ClNO. The number of hydrogen-bond donors (Lipinski definition) is 1. The summed E-state index contributed by atoms with van der Waals surface area (Å²) in [5, 5.41) is 0.713. The molecule has 2 aromatic carbocycles. The lowest BCUT2D eigenvalue weighted by Crippen LogP contribution is -2.11. The fourth-order valence-corrected chi connectivity index (χ4v) is 2.20. The highest BCUT2D eigenvalue weighted by Gasteiger charge is 2.09. The minimum absolute atomic E-state index is 0.143. The predicted octanol–water partition coefficient (Wildman–Crippen LogP) is 3.58. The lowest BCUT2D eigenvalue weighted by atomic mass is 9.98. The first-order chi connectivity index (χ1) is 9.20. The van der Waals surface area contributed by atoms with E-state index in [0.29, 0.717) is 5.02 Å². The molecule has 0 aliphatic carbocycles. The molecule has 0 spiro atoms. The van der Waals surface area contributed by atoms with Crippen molar-refractivity contribution in [1.82, 2.24) is 0 Å². The monoisotopic (exact) mass is 275 g/mol. The van der Waals surface area contributed by atoms with Gasteiger partial charge in [-0.15, -0.1) is 0 Å². The number of halogens is 1. The van der Waals surface area contributed by atoms with Gasteiger partial charge in [0.1, 0.15) is 0 Å². The molecule has 2 N–H and O–H groups in total. The van der Waals surface area contributed by atoms with Crippen molar-refractivity contribution in [2.24, 2.45) is 5.73 Å². The Morgan fingerprint density at radius 3 is 2.47 bits per heavy atom. The van der Waals surface area contributed by atoms with Gasteiger partial charge in [-0.05, 0) is 35.2 Å². The number of hydrogen-bond acceptors (Lipinski definition) is 2. The molecule has 1 atom stereocenters. The molecule has 3 heteroatoms. The Balaban J connectivity index is 2.13. The van der Waals surface area contributed by atoms with Gasteiger partial charge in [0.25, 0.3) is 0 Å². The van der Waals surface area contributed by atoms with Crippen LogP contribution in [0.1, 0.15) is 22.7 Å². The average Bonchev–Trinajstić information content (AvgIpc) is 2.45. The van der Waals surface area contributed by atoms with Crippen LogP contribution >= 0.6 is 11.6 Å². The fourth-order valence-electron chi connectivity index (χ4n) is 2.00. The average molecular weight is 276 g/mol. The minimum Gasteiger partial charge on any atom is -0.384 e. The molecule has 0 aromatic heterocycles. The molecule has 0 fully saturated rings. The second-order valence-corrected chi connectivity index (χ2v) is 4.95. The summed E-state index contributed by atoms with van der Waals surface area (Å²) in [6.07, 6.45) is 0.920. The molecular weight excluding hydrogens is 258 g/mol. The van der Waals surface area contributed by atoms with Crippen molar-refractivity contribution in [3.8, 4) is 0 Å². The quantitative estimate of drug-likeness (QED) is 0.905. The number of nitrogens with two attached hydrogens (primary N) is 1. The molecule has 100 valence electrons. The third-order valence-electron chi connectivity index (χ3n) is 3.14. The van der Waals surface area contributed by atoms with Gasteiger partial charge >= 0.3 is 0 Å². The summed E-state index contributed by atoms with van der Waals surface area (Å²) >= 11 is 5.99. The normalized spacial score (nSPS) is 12.4. The molecule has 1 unspecified atom stereocenters. The Kier molecular flexibility index (Phi) is 4.97. The maximum Gasteiger partial charge on any atom is 0.0552 e. The Bertz CT molecular complexity index is 525. The van der Waals surface area contributed by atoms with Crippen molar-refractivity contribution in [2.75, 3.05) is 13.7 Å². The first-order valence-corrected chi connectivity index (χ1v) is 6.67. The largest absolute Gasteiger partial charge is 0.384 e. The van der Waals surface area contributed by atoms with E-state index < -0.39 is 0 Å². The van der Waals surface area contributed by atoms with Gasteiger partial charge in [0.2, 0.25) is 0 Å². The van der Waals surface area contributed by atoms with Crippen molar-refractivity contribution < 1.29 is 4.74 Å². The molecule has 0 aliphatic rings. The standard InChI is InChI=1S/C16H18ClNO/c1-19-10-9-12-5-7-13(8-6-12)16(18)14-3-2-4-15(17)11-14/h2-8,11,16H,9-10,18H2,1H3. The van der Waals surface area contributed by atoms with Crippen LogP contribution in [0.4, 0.5) is 0 Å². The van der Waals surface area contributed by atoms with Gasteiger partial charge in [-0.1, -0.05) is 48.0 Å². The summed E-state index contributed by atoms with van der Waals surface area (Å²) in [5.74, 6) is 0. The van der Waals surface area contributed by atoms with Crippen LogP contribution in [-0.2, 0) is 11.2 Å². The van der Waals surface area contributed by atoms with E-state index in [4.69, 9.17) is 22.1 Å². The van der Waals surface area contributed by atoms with Gasteiger partial charge < -0.3 is 10.5 Å². The zero-order valence-corrected chi connectivity index (χ0v) is 11.7. The van der Waals surface area contributed by atoms with Crippen molar-refractivity contribution in [3.63, 3.8) is 0 Å². The first-order valence-electron chi connectivity index (χ1n) is 6.29. The van der Waals surface area contributed by atoms with E-state index in [1.54, 1.807) is 7.11 Å². The topological polar surface area (TPSA) is 35.2 Å². The Labute approximate surface area is 119 Å². The molecule has 0 saturated carbocycles. The molecule has 0 radical (unpaired) electrons. The van der Waals surface area contributed by atoms with Gasteiger partial charge in [0.05, 0.1) is 12.6 Å². The van der Waals surface area contributed by atoms with E-state index in [1.165, 1.54) is 5.56 Å². The highest BCUT2D eigenvalue weighted by molar-refractivity contribution is 6.30. The second-order valence-electron chi connectivity index (χ2n) is 4.52.